The molecule has 1 aliphatic rings. The Morgan fingerprint density at radius 3 is 2.42 bits per heavy atom. The number of oxazole rings is 1. The first-order valence-corrected chi connectivity index (χ1v) is 10.4. The lowest BCUT2D eigenvalue weighted by atomic mass is 9.97. The number of rotatable bonds is 5. The van der Waals surface area contributed by atoms with Crippen LogP contribution in [0.25, 0.3) is 33.7 Å². The zero-order valence-electron chi connectivity index (χ0n) is 17.4. The Morgan fingerprint density at radius 1 is 1.00 bits per heavy atom. The van der Waals surface area contributed by atoms with E-state index in [4.69, 9.17) is 9.52 Å². The SMILES string of the molecule is O=C(O)CCN1Cc2cc3nc(-c4ccc(-c5ccccc5)c(C(F)(F)F)c4)oc3cc2C1. The van der Waals surface area contributed by atoms with Crippen LogP contribution in [-0.2, 0) is 24.1 Å². The fraction of sp³-hybridized carbons (Fsp3) is 0.200. The highest BCUT2D eigenvalue weighted by atomic mass is 19.4. The van der Waals surface area contributed by atoms with Crippen LogP contribution >= 0.6 is 0 Å². The largest absolute Gasteiger partial charge is 0.481 e. The maximum absolute atomic E-state index is 13.9. The van der Waals surface area contributed by atoms with Crippen LogP contribution in [0, 0.1) is 0 Å². The van der Waals surface area contributed by atoms with Gasteiger partial charge in [-0.15, -0.1) is 0 Å². The van der Waals surface area contributed by atoms with Crippen molar-refractivity contribution in [3.8, 4) is 22.6 Å². The van der Waals surface area contributed by atoms with Crippen molar-refractivity contribution < 1.29 is 27.5 Å². The molecule has 0 amide bonds. The number of carboxylic acid groups (broad SMARTS) is 1. The molecular weight excluding hydrogens is 433 g/mol. The molecule has 0 bridgehead atoms. The van der Waals surface area contributed by atoms with Gasteiger partial charge in [-0.1, -0.05) is 36.4 Å². The number of carboxylic acids is 1. The Bertz CT molecular complexity index is 1300. The predicted molar refractivity (Wildman–Crippen MR) is 116 cm³/mol. The zero-order chi connectivity index (χ0) is 23.2. The van der Waals surface area contributed by atoms with E-state index in [1.807, 2.05) is 17.0 Å². The standard InChI is InChI=1S/C25H19F3N2O3/c26-25(27,28)20-10-16(6-7-19(20)15-4-2-1-3-5-15)24-29-21-11-17-13-30(9-8-23(31)32)14-18(17)12-22(21)33-24/h1-7,10-12H,8-9,13-14H2,(H,31,32). The van der Waals surface area contributed by atoms with Gasteiger partial charge in [0.05, 0.1) is 12.0 Å². The second-order valence-corrected chi connectivity index (χ2v) is 8.09. The predicted octanol–water partition coefficient (Wildman–Crippen LogP) is 5.97. The van der Waals surface area contributed by atoms with Gasteiger partial charge < -0.3 is 9.52 Å². The van der Waals surface area contributed by atoms with Crippen molar-refractivity contribution in [3.63, 3.8) is 0 Å². The quantitative estimate of drug-likeness (QED) is 0.404. The highest BCUT2D eigenvalue weighted by molar-refractivity contribution is 5.79. The van der Waals surface area contributed by atoms with Crippen molar-refractivity contribution in [1.82, 2.24) is 9.88 Å². The van der Waals surface area contributed by atoms with E-state index >= 15 is 0 Å². The third-order valence-electron chi connectivity index (χ3n) is 5.80. The number of alkyl halides is 3. The van der Waals surface area contributed by atoms with Crippen molar-refractivity contribution in [1.29, 1.82) is 0 Å². The molecule has 5 nitrogen and oxygen atoms in total. The summed E-state index contributed by atoms with van der Waals surface area (Å²) in [6, 6.07) is 16.3. The van der Waals surface area contributed by atoms with Gasteiger partial charge in [0.1, 0.15) is 5.52 Å². The number of aromatic nitrogens is 1. The fourth-order valence-corrected chi connectivity index (χ4v) is 4.21. The fourth-order valence-electron chi connectivity index (χ4n) is 4.21. The third kappa shape index (κ3) is 4.21. The number of halogens is 3. The minimum Gasteiger partial charge on any atom is -0.481 e. The Kier molecular flexibility index (Phi) is 5.17. The number of nitrogens with zero attached hydrogens (tertiary/aromatic N) is 2. The summed E-state index contributed by atoms with van der Waals surface area (Å²) in [5.41, 5.74) is 3.16. The number of fused-ring (bicyclic) bond motifs is 2. The van der Waals surface area contributed by atoms with Crippen molar-refractivity contribution in [2.45, 2.75) is 25.7 Å². The maximum atomic E-state index is 13.9. The molecule has 0 aliphatic carbocycles. The highest BCUT2D eigenvalue weighted by Crippen LogP contribution is 2.40. The van der Waals surface area contributed by atoms with Gasteiger partial charge in [0, 0.05) is 25.2 Å². The van der Waals surface area contributed by atoms with Gasteiger partial charge in [-0.05, 0) is 46.5 Å². The first kappa shape index (κ1) is 21.2. The van der Waals surface area contributed by atoms with Crippen LogP contribution in [0.4, 0.5) is 13.2 Å². The average Bonchev–Trinajstić information content (AvgIpc) is 3.38. The van der Waals surface area contributed by atoms with E-state index in [1.165, 1.54) is 6.07 Å². The average molecular weight is 452 g/mol. The monoisotopic (exact) mass is 452 g/mol. The van der Waals surface area contributed by atoms with Crippen LogP contribution in [0.3, 0.4) is 0 Å². The molecule has 5 rings (SSSR count). The normalized spacial score (nSPS) is 14.0. The van der Waals surface area contributed by atoms with Crippen LogP contribution in [0.1, 0.15) is 23.1 Å². The van der Waals surface area contributed by atoms with Crippen molar-refractivity contribution in [3.05, 3.63) is 77.4 Å². The van der Waals surface area contributed by atoms with Gasteiger partial charge in [0.25, 0.3) is 0 Å². The van der Waals surface area contributed by atoms with Crippen LogP contribution in [0.2, 0.25) is 0 Å². The lowest BCUT2D eigenvalue weighted by Gasteiger charge is -2.14. The molecular formula is C25H19F3N2O3. The molecule has 8 heteroatoms. The highest BCUT2D eigenvalue weighted by Gasteiger charge is 2.34. The zero-order valence-corrected chi connectivity index (χ0v) is 17.4. The Labute approximate surface area is 187 Å². The van der Waals surface area contributed by atoms with E-state index < -0.39 is 17.7 Å². The van der Waals surface area contributed by atoms with Crippen LogP contribution in [0.5, 0.6) is 0 Å². The molecule has 168 valence electrons. The molecule has 2 heterocycles. The van der Waals surface area contributed by atoms with Gasteiger partial charge >= 0.3 is 12.1 Å². The molecule has 1 aliphatic heterocycles. The Hall–Kier alpha value is -3.65. The molecule has 1 N–H and O–H groups in total. The number of hydrogen-bond donors (Lipinski definition) is 1. The number of benzene rings is 3. The van der Waals surface area contributed by atoms with Crippen LogP contribution in [0.15, 0.2) is 65.1 Å². The molecule has 0 saturated carbocycles. The lowest BCUT2D eigenvalue weighted by Crippen LogP contribution is -2.20. The number of aliphatic carboxylic acids is 1. The van der Waals surface area contributed by atoms with E-state index in [0.29, 0.717) is 36.3 Å². The summed E-state index contributed by atoms with van der Waals surface area (Å²) in [6.07, 6.45) is -4.47. The summed E-state index contributed by atoms with van der Waals surface area (Å²) in [6.45, 7) is 1.64. The summed E-state index contributed by atoms with van der Waals surface area (Å²) in [5, 5.41) is 8.88. The molecule has 4 aromatic rings. The second-order valence-electron chi connectivity index (χ2n) is 8.09. The molecule has 0 fully saturated rings. The van der Waals surface area contributed by atoms with Crippen LogP contribution < -0.4 is 0 Å². The Balaban J connectivity index is 1.48. The molecule has 3 aromatic carbocycles. The summed E-state index contributed by atoms with van der Waals surface area (Å²) in [5.74, 6) is -0.718. The molecule has 0 unspecified atom stereocenters. The van der Waals surface area contributed by atoms with E-state index in [2.05, 4.69) is 4.98 Å². The molecule has 0 radical (unpaired) electrons. The maximum Gasteiger partial charge on any atom is 0.417 e. The minimum absolute atomic E-state index is 0.0625. The minimum atomic E-state index is -4.53. The van der Waals surface area contributed by atoms with Crippen molar-refractivity contribution >= 4 is 17.1 Å². The number of carbonyl (C=O) groups is 1. The smallest absolute Gasteiger partial charge is 0.417 e. The topological polar surface area (TPSA) is 66.6 Å². The van der Waals surface area contributed by atoms with Crippen molar-refractivity contribution in [2.75, 3.05) is 6.54 Å². The third-order valence-corrected chi connectivity index (χ3v) is 5.80. The van der Waals surface area contributed by atoms with Gasteiger partial charge in [-0.3, -0.25) is 9.69 Å². The van der Waals surface area contributed by atoms with E-state index in [-0.39, 0.29) is 23.4 Å². The van der Waals surface area contributed by atoms with E-state index in [1.54, 1.807) is 36.4 Å². The van der Waals surface area contributed by atoms with E-state index in [9.17, 15) is 18.0 Å². The first-order chi connectivity index (χ1) is 15.8. The Morgan fingerprint density at radius 2 is 1.73 bits per heavy atom. The van der Waals surface area contributed by atoms with E-state index in [0.717, 1.165) is 17.2 Å². The van der Waals surface area contributed by atoms with Gasteiger partial charge in [-0.25, -0.2) is 4.98 Å². The van der Waals surface area contributed by atoms with Crippen molar-refractivity contribution in [2.24, 2.45) is 0 Å². The van der Waals surface area contributed by atoms with Gasteiger partial charge in [0.15, 0.2) is 5.58 Å². The summed E-state index contributed by atoms with van der Waals surface area (Å²) >= 11 is 0. The van der Waals surface area contributed by atoms with Gasteiger partial charge in [0.2, 0.25) is 5.89 Å². The molecule has 0 spiro atoms. The van der Waals surface area contributed by atoms with Crippen LogP contribution in [-0.4, -0.2) is 27.5 Å². The lowest BCUT2D eigenvalue weighted by molar-refractivity contribution is -0.138. The molecule has 1 aromatic heterocycles. The van der Waals surface area contributed by atoms with Gasteiger partial charge in [-0.2, -0.15) is 13.2 Å². The number of hydrogen-bond acceptors (Lipinski definition) is 4. The summed E-state index contributed by atoms with van der Waals surface area (Å²) < 4.78 is 47.4. The molecule has 0 atom stereocenters. The second kappa shape index (κ2) is 8.04. The summed E-state index contributed by atoms with van der Waals surface area (Å²) in [4.78, 5) is 17.3. The first-order valence-electron chi connectivity index (χ1n) is 10.4. The summed E-state index contributed by atoms with van der Waals surface area (Å²) in [7, 11) is 0. The molecule has 33 heavy (non-hydrogen) atoms. The molecule has 0 saturated heterocycles.